The van der Waals surface area contributed by atoms with Gasteiger partial charge in [-0.2, -0.15) is 0 Å². The summed E-state index contributed by atoms with van der Waals surface area (Å²) in [6.07, 6.45) is 9.54. The Kier molecular flexibility index (Phi) is 4.27. The van der Waals surface area contributed by atoms with Crippen LogP contribution in [0.4, 0.5) is 0 Å². The molecular formula is C18H22N2O2. The molecule has 0 bridgehead atoms. The Balaban J connectivity index is 1.91. The highest BCUT2D eigenvalue weighted by Gasteiger charge is 2.15. The molecule has 0 N–H and O–H groups in total. The minimum Gasteiger partial charge on any atom is -0.309 e. The fourth-order valence-corrected chi connectivity index (χ4v) is 3.28. The molecule has 1 heterocycles. The van der Waals surface area contributed by atoms with Crippen LogP contribution in [0.15, 0.2) is 46.2 Å². The van der Waals surface area contributed by atoms with Gasteiger partial charge in [-0.25, -0.2) is 0 Å². The van der Waals surface area contributed by atoms with E-state index in [9.17, 15) is 9.59 Å². The quantitative estimate of drug-likeness (QED) is 0.818. The SMILES string of the molecule is Cc1cccc(-n2ccn(CC3CCCCC3)c(=O)c2=O)c1. The van der Waals surface area contributed by atoms with Gasteiger partial charge in [0.05, 0.1) is 0 Å². The topological polar surface area (TPSA) is 44.0 Å². The third kappa shape index (κ3) is 3.06. The molecule has 0 amide bonds. The predicted octanol–water partition coefficient (Wildman–Crippen LogP) is 2.89. The first kappa shape index (κ1) is 14.8. The molecule has 1 aliphatic rings. The Labute approximate surface area is 130 Å². The normalized spacial score (nSPS) is 15.9. The summed E-state index contributed by atoms with van der Waals surface area (Å²) in [5.74, 6) is 0.528. The van der Waals surface area contributed by atoms with Gasteiger partial charge in [-0.15, -0.1) is 0 Å². The molecule has 0 atom stereocenters. The number of aromatic nitrogens is 2. The highest BCUT2D eigenvalue weighted by molar-refractivity contribution is 5.35. The van der Waals surface area contributed by atoms with Crippen molar-refractivity contribution in [3.05, 3.63) is 62.9 Å². The van der Waals surface area contributed by atoms with Gasteiger partial charge < -0.3 is 4.57 Å². The molecule has 0 radical (unpaired) electrons. The van der Waals surface area contributed by atoms with Crippen LogP contribution in [0.3, 0.4) is 0 Å². The van der Waals surface area contributed by atoms with Crippen LogP contribution in [0, 0.1) is 12.8 Å². The molecule has 0 unspecified atom stereocenters. The molecule has 1 saturated carbocycles. The first-order chi connectivity index (χ1) is 10.6. The number of hydrogen-bond donors (Lipinski definition) is 0. The van der Waals surface area contributed by atoms with Crippen LogP contribution in [0.5, 0.6) is 0 Å². The van der Waals surface area contributed by atoms with Gasteiger partial charge in [0, 0.05) is 24.6 Å². The lowest BCUT2D eigenvalue weighted by Crippen LogP contribution is -2.41. The standard InChI is InChI=1S/C18H22N2O2/c1-14-6-5-9-16(12-14)20-11-10-19(17(21)18(20)22)13-15-7-3-2-4-8-15/h5-6,9-12,15H,2-4,7-8,13H2,1H3. The van der Waals surface area contributed by atoms with Gasteiger partial charge in [0.25, 0.3) is 0 Å². The van der Waals surface area contributed by atoms with Crippen molar-refractivity contribution in [1.29, 1.82) is 0 Å². The fraction of sp³-hybridized carbons (Fsp3) is 0.444. The third-order valence-corrected chi connectivity index (χ3v) is 4.52. The van der Waals surface area contributed by atoms with E-state index in [0.717, 1.165) is 24.1 Å². The molecule has 4 nitrogen and oxygen atoms in total. The summed E-state index contributed by atoms with van der Waals surface area (Å²) in [6.45, 7) is 2.64. The largest absolute Gasteiger partial charge is 0.320 e. The van der Waals surface area contributed by atoms with Crippen molar-refractivity contribution in [3.63, 3.8) is 0 Å². The van der Waals surface area contributed by atoms with Gasteiger partial charge in [0.15, 0.2) is 0 Å². The van der Waals surface area contributed by atoms with Crippen molar-refractivity contribution in [2.45, 2.75) is 45.6 Å². The van der Waals surface area contributed by atoms with Gasteiger partial charge in [0.1, 0.15) is 0 Å². The van der Waals surface area contributed by atoms with E-state index >= 15 is 0 Å². The maximum atomic E-state index is 12.4. The van der Waals surface area contributed by atoms with Crippen molar-refractivity contribution in [3.8, 4) is 5.69 Å². The van der Waals surface area contributed by atoms with Crippen molar-refractivity contribution in [1.82, 2.24) is 9.13 Å². The Morgan fingerprint density at radius 3 is 2.55 bits per heavy atom. The smallest absolute Gasteiger partial charge is 0.309 e. The second-order valence-corrected chi connectivity index (χ2v) is 6.27. The predicted molar refractivity (Wildman–Crippen MR) is 87.6 cm³/mol. The van der Waals surface area contributed by atoms with Crippen LogP contribution in [-0.4, -0.2) is 9.13 Å². The molecule has 0 aliphatic heterocycles. The first-order valence-electron chi connectivity index (χ1n) is 8.04. The summed E-state index contributed by atoms with van der Waals surface area (Å²) in [4.78, 5) is 24.7. The number of rotatable bonds is 3. The van der Waals surface area contributed by atoms with E-state index < -0.39 is 11.1 Å². The van der Waals surface area contributed by atoms with Gasteiger partial charge in [-0.1, -0.05) is 31.4 Å². The minimum atomic E-state index is -0.469. The molecule has 1 aliphatic carbocycles. The molecule has 116 valence electrons. The Morgan fingerprint density at radius 1 is 1.05 bits per heavy atom. The molecule has 1 aromatic carbocycles. The van der Waals surface area contributed by atoms with Crippen molar-refractivity contribution in [2.24, 2.45) is 5.92 Å². The lowest BCUT2D eigenvalue weighted by Gasteiger charge is -2.22. The third-order valence-electron chi connectivity index (χ3n) is 4.52. The van der Waals surface area contributed by atoms with Crippen LogP contribution >= 0.6 is 0 Å². The van der Waals surface area contributed by atoms with Crippen molar-refractivity contribution >= 4 is 0 Å². The molecule has 2 aromatic rings. The van der Waals surface area contributed by atoms with E-state index in [1.54, 1.807) is 17.0 Å². The molecule has 22 heavy (non-hydrogen) atoms. The molecule has 0 spiro atoms. The summed E-state index contributed by atoms with van der Waals surface area (Å²) in [6, 6.07) is 7.62. The maximum Gasteiger partial charge on any atom is 0.320 e. The Morgan fingerprint density at radius 2 is 1.82 bits per heavy atom. The highest BCUT2D eigenvalue weighted by atomic mass is 16.2. The molecule has 1 aromatic heterocycles. The van der Waals surface area contributed by atoms with Gasteiger partial charge >= 0.3 is 11.1 Å². The summed E-state index contributed by atoms with van der Waals surface area (Å²) >= 11 is 0. The summed E-state index contributed by atoms with van der Waals surface area (Å²) in [5, 5.41) is 0. The number of nitrogens with zero attached hydrogens (tertiary/aromatic N) is 2. The molecule has 0 saturated heterocycles. The highest BCUT2D eigenvalue weighted by Crippen LogP contribution is 2.24. The minimum absolute atomic E-state index is 0.422. The van der Waals surface area contributed by atoms with Crippen molar-refractivity contribution < 1.29 is 0 Å². The lowest BCUT2D eigenvalue weighted by molar-refractivity contribution is 0.315. The number of aryl methyl sites for hydroxylation is 1. The monoisotopic (exact) mass is 298 g/mol. The second kappa shape index (κ2) is 6.34. The van der Waals surface area contributed by atoms with Gasteiger partial charge in [-0.05, 0) is 43.4 Å². The Hall–Kier alpha value is -2.10. The fourth-order valence-electron chi connectivity index (χ4n) is 3.28. The van der Waals surface area contributed by atoms with E-state index in [0.29, 0.717) is 12.5 Å². The lowest BCUT2D eigenvalue weighted by atomic mass is 9.89. The molecular weight excluding hydrogens is 276 g/mol. The molecule has 4 heteroatoms. The average Bonchev–Trinajstić information content (AvgIpc) is 2.53. The van der Waals surface area contributed by atoms with Gasteiger partial charge in [0.2, 0.25) is 0 Å². The van der Waals surface area contributed by atoms with E-state index in [1.807, 2.05) is 31.2 Å². The summed E-state index contributed by atoms with van der Waals surface area (Å²) < 4.78 is 3.03. The van der Waals surface area contributed by atoms with Crippen LogP contribution in [0.2, 0.25) is 0 Å². The van der Waals surface area contributed by atoms with E-state index in [4.69, 9.17) is 0 Å². The average molecular weight is 298 g/mol. The second-order valence-electron chi connectivity index (χ2n) is 6.27. The number of hydrogen-bond acceptors (Lipinski definition) is 2. The zero-order chi connectivity index (χ0) is 15.5. The molecule has 1 fully saturated rings. The van der Waals surface area contributed by atoms with Crippen LogP contribution in [-0.2, 0) is 6.54 Å². The Bertz CT molecular complexity index is 767. The van der Waals surface area contributed by atoms with Crippen LogP contribution < -0.4 is 11.1 Å². The molecule has 3 rings (SSSR count). The van der Waals surface area contributed by atoms with Gasteiger partial charge in [-0.3, -0.25) is 14.2 Å². The van der Waals surface area contributed by atoms with Crippen LogP contribution in [0.25, 0.3) is 5.69 Å². The van der Waals surface area contributed by atoms with Crippen LogP contribution in [0.1, 0.15) is 37.7 Å². The summed E-state index contributed by atoms with van der Waals surface area (Å²) in [7, 11) is 0. The van der Waals surface area contributed by atoms with Crippen molar-refractivity contribution in [2.75, 3.05) is 0 Å². The maximum absolute atomic E-state index is 12.4. The zero-order valence-corrected chi connectivity index (χ0v) is 13.0. The van der Waals surface area contributed by atoms with E-state index in [1.165, 1.54) is 23.8 Å². The summed E-state index contributed by atoms with van der Waals surface area (Å²) in [5.41, 5.74) is 0.918. The van der Waals surface area contributed by atoms with E-state index in [-0.39, 0.29) is 0 Å². The van der Waals surface area contributed by atoms with E-state index in [2.05, 4.69) is 0 Å². The number of benzene rings is 1. The zero-order valence-electron chi connectivity index (χ0n) is 13.0. The first-order valence-corrected chi connectivity index (χ1v) is 8.04.